The van der Waals surface area contributed by atoms with E-state index >= 15 is 0 Å². The highest BCUT2D eigenvalue weighted by Gasteiger charge is 2.06. The number of aryl methyl sites for hydroxylation is 3. The first kappa shape index (κ1) is 10.3. The van der Waals surface area contributed by atoms with E-state index in [0.717, 1.165) is 30.2 Å². The predicted octanol–water partition coefficient (Wildman–Crippen LogP) is 3.28. The van der Waals surface area contributed by atoms with Crippen LogP contribution < -0.4 is 0 Å². The SMILES string of the molecule is CCCCCc1oc(CC)nc1C. The third-order valence-corrected chi connectivity index (χ3v) is 2.25. The number of nitrogens with zero attached hydrogens (tertiary/aromatic N) is 1. The average molecular weight is 181 g/mol. The van der Waals surface area contributed by atoms with Crippen LogP contribution in [0.25, 0.3) is 0 Å². The quantitative estimate of drug-likeness (QED) is 0.651. The zero-order chi connectivity index (χ0) is 9.68. The van der Waals surface area contributed by atoms with Gasteiger partial charge < -0.3 is 4.42 Å². The Morgan fingerprint density at radius 1 is 1.23 bits per heavy atom. The van der Waals surface area contributed by atoms with Crippen molar-refractivity contribution in [2.75, 3.05) is 0 Å². The Bertz CT molecular complexity index is 253. The molecule has 1 heterocycles. The Morgan fingerprint density at radius 2 is 2.00 bits per heavy atom. The lowest BCUT2D eigenvalue weighted by atomic mass is 10.1. The van der Waals surface area contributed by atoms with Crippen molar-refractivity contribution in [1.82, 2.24) is 4.98 Å². The van der Waals surface area contributed by atoms with Crippen LogP contribution in [0.15, 0.2) is 4.42 Å². The maximum absolute atomic E-state index is 5.60. The minimum Gasteiger partial charge on any atom is -0.445 e. The summed E-state index contributed by atoms with van der Waals surface area (Å²) in [6.45, 7) is 6.32. The molecule has 1 aromatic heterocycles. The summed E-state index contributed by atoms with van der Waals surface area (Å²) in [6, 6.07) is 0. The van der Waals surface area contributed by atoms with E-state index in [1.165, 1.54) is 19.3 Å². The third kappa shape index (κ3) is 2.87. The molecule has 0 aliphatic carbocycles. The normalized spacial score (nSPS) is 10.7. The molecule has 0 aromatic carbocycles. The third-order valence-electron chi connectivity index (χ3n) is 2.25. The van der Waals surface area contributed by atoms with Crippen molar-refractivity contribution in [2.45, 2.75) is 52.9 Å². The van der Waals surface area contributed by atoms with Crippen molar-refractivity contribution >= 4 is 0 Å². The molecule has 74 valence electrons. The molecule has 0 unspecified atom stereocenters. The monoisotopic (exact) mass is 181 g/mol. The number of hydrogen-bond acceptors (Lipinski definition) is 2. The molecule has 0 N–H and O–H groups in total. The van der Waals surface area contributed by atoms with Crippen LogP contribution in [0.1, 0.15) is 50.5 Å². The molecule has 2 nitrogen and oxygen atoms in total. The molecule has 2 heteroatoms. The fourth-order valence-corrected chi connectivity index (χ4v) is 1.41. The maximum Gasteiger partial charge on any atom is 0.194 e. The fraction of sp³-hybridized carbons (Fsp3) is 0.727. The molecule has 0 amide bonds. The molecule has 1 aromatic rings. The van der Waals surface area contributed by atoms with Gasteiger partial charge in [-0.3, -0.25) is 0 Å². The molecule has 1 rings (SSSR count). The van der Waals surface area contributed by atoms with Crippen molar-refractivity contribution in [1.29, 1.82) is 0 Å². The molecule has 0 saturated carbocycles. The van der Waals surface area contributed by atoms with Gasteiger partial charge >= 0.3 is 0 Å². The van der Waals surface area contributed by atoms with Gasteiger partial charge in [0.05, 0.1) is 5.69 Å². The molecular formula is C11H19NO. The predicted molar refractivity (Wildman–Crippen MR) is 53.8 cm³/mol. The lowest BCUT2D eigenvalue weighted by Crippen LogP contribution is -1.85. The largest absolute Gasteiger partial charge is 0.445 e. The van der Waals surface area contributed by atoms with E-state index in [1.807, 2.05) is 6.92 Å². The highest BCUT2D eigenvalue weighted by molar-refractivity contribution is 5.07. The summed E-state index contributed by atoms with van der Waals surface area (Å²) in [5, 5.41) is 0. The Hall–Kier alpha value is -0.790. The lowest BCUT2D eigenvalue weighted by molar-refractivity contribution is 0.451. The molecule has 0 bridgehead atoms. The average Bonchev–Trinajstić information content (AvgIpc) is 2.48. The smallest absolute Gasteiger partial charge is 0.194 e. The minimum absolute atomic E-state index is 0.879. The molecule has 0 aliphatic heterocycles. The van der Waals surface area contributed by atoms with E-state index in [4.69, 9.17) is 4.42 Å². The number of rotatable bonds is 5. The Labute approximate surface area is 80.4 Å². The van der Waals surface area contributed by atoms with Crippen molar-refractivity contribution in [2.24, 2.45) is 0 Å². The van der Waals surface area contributed by atoms with Gasteiger partial charge in [-0.25, -0.2) is 4.98 Å². The Morgan fingerprint density at radius 3 is 2.54 bits per heavy atom. The molecular weight excluding hydrogens is 162 g/mol. The first-order valence-corrected chi connectivity index (χ1v) is 5.23. The summed E-state index contributed by atoms with van der Waals surface area (Å²) in [4.78, 5) is 4.34. The van der Waals surface area contributed by atoms with Gasteiger partial charge in [-0.15, -0.1) is 0 Å². The second-order valence-electron chi connectivity index (χ2n) is 3.43. The Balaban J connectivity index is 2.50. The van der Waals surface area contributed by atoms with Crippen molar-refractivity contribution in [3.05, 3.63) is 17.3 Å². The van der Waals surface area contributed by atoms with E-state index in [2.05, 4.69) is 18.8 Å². The van der Waals surface area contributed by atoms with Crippen LogP contribution >= 0.6 is 0 Å². The van der Waals surface area contributed by atoms with Crippen LogP contribution in [0.4, 0.5) is 0 Å². The van der Waals surface area contributed by atoms with Crippen LogP contribution in [0, 0.1) is 6.92 Å². The van der Waals surface area contributed by atoms with Crippen LogP contribution in [0.5, 0.6) is 0 Å². The molecule has 0 aliphatic rings. The van der Waals surface area contributed by atoms with Gasteiger partial charge in [-0.1, -0.05) is 26.7 Å². The van der Waals surface area contributed by atoms with Crippen LogP contribution in [0.2, 0.25) is 0 Å². The fourth-order valence-electron chi connectivity index (χ4n) is 1.41. The molecule has 0 radical (unpaired) electrons. The van der Waals surface area contributed by atoms with Crippen molar-refractivity contribution in [3.8, 4) is 0 Å². The first-order chi connectivity index (χ1) is 6.27. The van der Waals surface area contributed by atoms with Crippen LogP contribution in [0.3, 0.4) is 0 Å². The molecule has 0 saturated heterocycles. The summed E-state index contributed by atoms with van der Waals surface area (Å²) < 4.78 is 5.60. The van der Waals surface area contributed by atoms with Gasteiger partial charge in [-0.2, -0.15) is 0 Å². The van der Waals surface area contributed by atoms with E-state index in [-0.39, 0.29) is 0 Å². The second-order valence-corrected chi connectivity index (χ2v) is 3.43. The molecule has 0 spiro atoms. The van der Waals surface area contributed by atoms with E-state index < -0.39 is 0 Å². The highest BCUT2D eigenvalue weighted by atomic mass is 16.4. The van der Waals surface area contributed by atoms with Gasteiger partial charge in [-0.05, 0) is 13.3 Å². The van der Waals surface area contributed by atoms with Gasteiger partial charge in [0.2, 0.25) is 0 Å². The van der Waals surface area contributed by atoms with Gasteiger partial charge in [0.15, 0.2) is 5.89 Å². The standard InChI is InChI=1S/C11H19NO/c1-4-6-7-8-10-9(3)12-11(5-2)13-10/h4-8H2,1-3H3. The maximum atomic E-state index is 5.60. The summed E-state index contributed by atoms with van der Waals surface area (Å²) in [6.07, 6.45) is 5.70. The number of unbranched alkanes of at least 4 members (excludes halogenated alkanes) is 2. The Kier molecular flexibility index (Phi) is 4.00. The van der Waals surface area contributed by atoms with Gasteiger partial charge in [0.1, 0.15) is 5.76 Å². The number of aromatic nitrogens is 1. The zero-order valence-electron chi connectivity index (χ0n) is 8.89. The number of hydrogen-bond donors (Lipinski definition) is 0. The van der Waals surface area contributed by atoms with Crippen molar-refractivity contribution < 1.29 is 4.42 Å². The minimum atomic E-state index is 0.879. The van der Waals surface area contributed by atoms with E-state index in [0.29, 0.717) is 0 Å². The van der Waals surface area contributed by atoms with Gasteiger partial charge in [0, 0.05) is 12.8 Å². The highest BCUT2D eigenvalue weighted by Crippen LogP contribution is 2.13. The first-order valence-electron chi connectivity index (χ1n) is 5.23. The lowest BCUT2D eigenvalue weighted by Gasteiger charge is -1.95. The molecule has 0 fully saturated rings. The summed E-state index contributed by atoms with van der Waals surface area (Å²) in [5.41, 5.74) is 1.08. The van der Waals surface area contributed by atoms with Crippen molar-refractivity contribution in [3.63, 3.8) is 0 Å². The topological polar surface area (TPSA) is 26.0 Å². The molecule has 13 heavy (non-hydrogen) atoms. The summed E-state index contributed by atoms with van der Waals surface area (Å²) >= 11 is 0. The second kappa shape index (κ2) is 5.05. The summed E-state index contributed by atoms with van der Waals surface area (Å²) in [5.74, 6) is 1.97. The van der Waals surface area contributed by atoms with E-state index in [9.17, 15) is 0 Å². The molecule has 0 atom stereocenters. The summed E-state index contributed by atoms with van der Waals surface area (Å²) in [7, 11) is 0. The number of oxazole rings is 1. The van der Waals surface area contributed by atoms with Gasteiger partial charge in [0.25, 0.3) is 0 Å². The zero-order valence-corrected chi connectivity index (χ0v) is 8.89. The van der Waals surface area contributed by atoms with Crippen LogP contribution in [-0.2, 0) is 12.8 Å². The van der Waals surface area contributed by atoms with E-state index in [1.54, 1.807) is 0 Å². The van der Waals surface area contributed by atoms with Crippen LogP contribution in [-0.4, -0.2) is 4.98 Å².